The molecular weight excluding hydrogens is 653 g/mol. The fraction of sp³-hybridized carbons (Fsp3) is 0.694. The first kappa shape index (κ1) is 40.5. The molecule has 0 bridgehead atoms. The van der Waals surface area contributed by atoms with Crippen LogP contribution in [0.1, 0.15) is 79.2 Å². The average Bonchev–Trinajstić information content (AvgIpc) is 3.86. The Morgan fingerprint density at radius 1 is 0.940 bits per heavy atom. The molecule has 1 saturated heterocycles. The van der Waals surface area contributed by atoms with Crippen LogP contribution in [0.5, 0.6) is 0 Å². The Morgan fingerprint density at radius 2 is 1.52 bits per heavy atom. The van der Waals surface area contributed by atoms with Crippen molar-refractivity contribution >= 4 is 35.6 Å². The van der Waals surface area contributed by atoms with Crippen molar-refractivity contribution in [3.8, 4) is 0 Å². The fourth-order valence-corrected chi connectivity index (χ4v) is 5.45. The minimum atomic E-state index is -1.67. The van der Waals surface area contributed by atoms with Gasteiger partial charge in [-0.1, -0.05) is 25.0 Å². The molecule has 280 valence electrons. The summed E-state index contributed by atoms with van der Waals surface area (Å²) in [5.74, 6) is -3.73. The molecule has 2 amide bonds. The largest absolute Gasteiger partial charge is 0.479 e. The van der Waals surface area contributed by atoms with Crippen LogP contribution in [0.3, 0.4) is 0 Å². The molecular formula is C36H54FN3O10. The summed E-state index contributed by atoms with van der Waals surface area (Å²) in [6.07, 6.45) is -2.07. The van der Waals surface area contributed by atoms with Crippen molar-refractivity contribution in [3.63, 3.8) is 0 Å². The predicted octanol–water partition coefficient (Wildman–Crippen LogP) is 4.38. The monoisotopic (exact) mass is 707 g/mol. The second-order valence-corrected chi connectivity index (χ2v) is 14.8. The Bertz CT molecular complexity index is 1330. The lowest BCUT2D eigenvalue weighted by Gasteiger charge is -2.33. The third kappa shape index (κ3) is 12.7. The van der Waals surface area contributed by atoms with Crippen molar-refractivity contribution in [2.45, 2.75) is 116 Å². The number of morpholine rings is 1. The molecule has 0 unspecified atom stereocenters. The standard InChI is InChI=1S/C36H54FN3O10/c1-23(31(42)43)48-33(45)28(21-24-9-10-24)38(7)30(41)29(22-25-11-13-26(14-12-25)40-17-19-47-20-18-40)49-32(44)27(15-16-36(5,6)37)39(8)34(46)50-35(2,3)4/h11-14,23-24,27-29H,9-10,15-22H2,1-8H3,(H,42,43)/t23-,27+,28+,29-/m1/s1. The number of carbonyl (C=O) groups excluding carboxylic acids is 4. The van der Waals surface area contributed by atoms with Gasteiger partial charge >= 0.3 is 24.0 Å². The van der Waals surface area contributed by atoms with E-state index in [4.69, 9.17) is 18.9 Å². The average molecular weight is 708 g/mol. The Labute approximate surface area is 294 Å². The zero-order chi connectivity index (χ0) is 37.4. The lowest BCUT2D eigenvalue weighted by Crippen LogP contribution is -2.52. The number of carboxylic acid groups (broad SMARTS) is 1. The number of carbonyl (C=O) groups is 5. The molecule has 13 nitrogen and oxygen atoms in total. The molecule has 2 aliphatic rings. The van der Waals surface area contributed by atoms with Crippen LogP contribution in [-0.2, 0) is 44.5 Å². The van der Waals surface area contributed by atoms with Crippen molar-refractivity contribution < 1.29 is 52.4 Å². The third-order valence-corrected chi connectivity index (χ3v) is 8.68. The molecule has 1 aromatic rings. The van der Waals surface area contributed by atoms with E-state index in [1.807, 2.05) is 24.3 Å². The minimum Gasteiger partial charge on any atom is -0.479 e. The number of halogens is 1. The molecule has 1 aliphatic heterocycles. The summed E-state index contributed by atoms with van der Waals surface area (Å²) < 4.78 is 36.7. The minimum absolute atomic E-state index is 0.0769. The van der Waals surface area contributed by atoms with Crippen LogP contribution in [0.2, 0.25) is 0 Å². The Kier molecular flexibility index (Phi) is 14.0. The topological polar surface area (TPSA) is 152 Å². The van der Waals surface area contributed by atoms with Gasteiger partial charge in [0, 0.05) is 39.3 Å². The van der Waals surface area contributed by atoms with Gasteiger partial charge in [-0.2, -0.15) is 0 Å². The first-order valence-corrected chi connectivity index (χ1v) is 17.2. The van der Waals surface area contributed by atoms with Crippen LogP contribution in [-0.4, -0.2) is 121 Å². The van der Waals surface area contributed by atoms with E-state index in [9.17, 15) is 33.5 Å². The van der Waals surface area contributed by atoms with Crippen LogP contribution >= 0.6 is 0 Å². The van der Waals surface area contributed by atoms with Gasteiger partial charge in [-0.3, -0.25) is 9.69 Å². The van der Waals surface area contributed by atoms with Crippen molar-refractivity contribution in [2.75, 3.05) is 45.3 Å². The number of anilines is 1. The summed E-state index contributed by atoms with van der Waals surface area (Å²) in [4.78, 5) is 70.2. The van der Waals surface area contributed by atoms with Gasteiger partial charge in [-0.25, -0.2) is 23.6 Å². The smallest absolute Gasteiger partial charge is 0.410 e. The molecule has 1 aromatic carbocycles. The number of amides is 2. The van der Waals surface area contributed by atoms with Gasteiger partial charge in [0.15, 0.2) is 12.2 Å². The molecule has 3 rings (SSSR count). The van der Waals surface area contributed by atoms with Crippen molar-refractivity contribution in [3.05, 3.63) is 29.8 Å². The maximum atomic E-state index is 14.7. The van der Waals surface area contributed by atoms with E-state index in [2.05, 4.69) is 4.90 Å². The Morgan fingerprint density at radius 3 is 2.04 bits per heavy atom. The number of nitrogens with zero attached hydrogens (tertiary/aromatic N) is 3. The predicted molar refractivity (Wildman–Crippen MR) is 182 cm³/mol. The van der Waals surface area contributed by atoms with Gasteiger partial charge < -0.3 is 33.9 Å². The molecule has 1 N–H and O–H groups in total. The number of hydrogen-bond acceptors (Lipinski definition) is 10. The lowest BCUT2D eigenvalue weighted by molar-refractivity contribution is -0.172. The summed E-state index contributed by atoms with van der Waals surface area (Å²) >= 11 is 0. The van der Waals surface area contributed by atoms with Crippen molar-refractivity contribution in [1.29, 1.82) is 0 Å². The third-order valence-electron chi connectivity index (χ3n) is 8.68. The highest BCUT2D eigenvalue weighted by molar-refractivity contribution is 5.90. The highest BCUT2D eigenvalue weighted by atomic mass is 19.1. The van der Waals surface area contributed by atoms with Gasteiger partial charge in [0.05, 0.1) is 13.2 Å². The summed E-state index contributed by atoms with van der Waals surface area (Å²) in [6, 6.07) is 5.01. The van der Waals surface area contributed by atoms with Crippen LogP contribution in [0.15, 0.2) is 24.3 Å². The van der Waals surface area contributed by atoms with E-state index in [0.717, 1.165) is 41.4 Å². The number of likely N-dealkylation sites (N-methyl/N-ethyl adjacent to an activating group) is 2. The Balaban J connectivity index is 1.93. The van der Waals surface area contributed by atoms with Crippen molar-refractivity contribution in [1.82, 2.24) is 9.80 Å². The zero-order valence-corrected chi connectivity index (χ0v) is 30.6. The summed E-state index contributed by atoms with van der Waals surface area (Å²) in [7, 11) is 2.74. The second kappa shape index (κ2) is 17.3. The number of carboxylic acids is 1. The SMILES string of the molecule is C[C@@H](OC(=O)[C@H](CC1CC1)N(C)C(=O)[C@@H](Cc1ccc(N2CCOCC2)cc1)OC(=O)[C@H](CCC(C)(C)F)N(C)C(=O)OC(C)(C)C)C(=O)O. The van der Waals surface area contributed by atoms with Crippen LogP contribution in [0, 0.1) is 5.92 Å². The van der Waals surface area contributed by atoms with Gasteiger partial charge in [0.25, 0.3) is 5.91 Å². The molecule has 0 aromatic heterocycles. The normalized spacial score (nSPS) is 17.5. The molecule has 50 heavy (non-hydrogen) atoms. The number of alkyl halides is 1. The molecule has 1 heterocycles. The quantitative estimate of drug-likeness (QED) is 0.192. The maximum absolute atomic E-state index is 14.7. The van der Waals surface area contributed by atoms with Gasteiger partial charge in [0.2, 0.25) is 0 Å². The highest BCUT2D eigenvalue weighted by Gasteiger charge is 2.41. The molecule has 1 aliphatic carbocycles. The first-order chi connectivity index (χ1) is 23.3. The molecule has 0 spiro atoms. The van der Waals surface area contributed by atoms with Crippen LogP contribution < -0.4 is 4.90 Å². The van der Waals surface area contributed by atoms with Gasteiger partial charge in [-0.15, -0.1) is 0 Å². The first-order valence-electron chi connectivity index (χ1n) is 17.2. The summed E-state index contributed by atoms with van der Waals surface area (Å²) in [6.45, 7) is 11.6. The zero-order valence-electron chi connectivity index (χ0n) is 30.6. The highest BCUT2D eigenvalue weighted by Crippen LogP contribution is 2.35. The van der Waals surface area contributed by atoms with E-state index < -0.39 is 65.5 Å². The van der Waals surface area contributed by atoms with E-state index in [1.54, 1.807) is 20.8 Å². The van der Waals surface area contributed by atoms with Gasteiger partial charge in [0.1, 0.15) is 23.4 Å². The van der Waals surface area contributed by atoms with E-state index in [1.165, 1.54) is 34.9 Å². The maximum Gasteiger partial charge on any atom is 0.410 e. The van der Waals surface area contributed by atoms with Crippen LogP contribution in [0.4, 0.5) is 14.9 Å². The number of esters is 2. The number of benzene rings is 1. The number of hydrogen-bond donors (Lipinski definition) is 1. The number of aliphatic carboxylic acids is 1. The molecule has 0 radical (unpaired) electrons. The Hall–Kier alpha value is -3.94. The molecule has 14 heteroatoms. The van der Waals surface area contributed by atoms with Crippen LogP contribution in [0.25, 0.3) is 0 Å². The molecule has 2 fully saturated rings. The van der Waals surface area contributed by atoms with E-state index >= 15 is 0 Å². The summed E-state index contributed by atoms with van der Waals surface area (Å²) in [5.41, 5.74) is -0.933. The molecule has 1 saturated carbocycles. The number of ether oxygens (including phenoxy) is 4. The fourth-order valence-electron chi connectivity index (χ4n) is 5.45. The lowest BCUT2D eigenvalue weighted by atomic mass is 10.00. The van der Waals surface area contributed by atoms with Gasteiger partial charge in [-0.05, 0) is 84.4 Å². The van der Waals surface area contributed by atoms with E-state index in [-0.39, 0.29) is 31.6 Å². The summed E-state index contributed by atoms with van der Waals surface area (Å²) in [5, 5.41) is 9.32. The number of rotatable bonds is 16. The van der Waals surface area contributed by atoms with Crippen molar-refractivity contribution in [2.24, 2.45) is 5.92 Å². The second-order valence-electron chi connectivity index (χ2n) is 14.8. The molecule has 4 atom stereocenters. The van der Waals surface area contributed by atoms with E-state index in [0.29, 0.717) is 18.8 Å².